The minimum absolute atomic E-state index is 0.527. The van der Waals surface area contributed by atoms with Gasteiger partial charge in [0, 0.05) is 13.0 Å². The van der Waals surface area contributed by atoms with Crippen LogP contribution in [0, 0.1) is 0 Å². The second kappa shape index (κ2) is 5.12. The summed E-state index contributed by atoms with van der Waals surface area (Å²) in [5.74, 6) is 1.57. The highest BCUT2D eigenvalue weighted by atomic mass is 15.1. The third-order valence-electron chi connectivity index (χ3n) is 2.95. The zero-order valence-electron chi connectivity index (χ0n) is 10.5. The fourth-order valence-electron chi connectivity index (χ4n) is 2.07. The average molecular weight is 233 g/mol. The molecule has 0 aliphatic heterocycles. The van der Waals surface area contributed by atoms with Gasteiger partial charge < -0.3 is 10.3 Å². The van der Waals surface area contributed by atoms with Crippen LogP contribution in [-0.2, 0) is 13.0 Å². The van der Waals surface area contributed by atoms with Crippen LogP contribution in [0.1, 0.15) is 38.9 Å². The highest BCUT2D eigenvalue weighted by molar-refractivity contribution is 5.82. The molecule has 2 aromatic heterocycles. The lowest BCUT2D eigenvalue weighted by Crippen LogP contribution is -2.05. The van der Waals surface area contributed by atoms with E-state index in [0.717, 1.165) is 30.7 Å². The molecular weight excluding hydrogens is 214 g/mol. The number of nitrogens with zero attached hydrogens (tertiary/aromatic N) is 4. The van der Waals surface area contributed by atoms with Crippen LogP contribution in [0.4, 0.5) is 5.82 Å². The Balaban J connectivity index is 2.42. The third kappa shape index (κ3) is 2.23. The van der Waals surface area contributed by atoms with Gasteiger partial charge in [-0.25, -0.2) is 15.0 Å². The minimum atomic E-state index is 0.527. The monoisotopic (exact) mass is 233 g/mol. The molecule has 0 saturated carbocycles. The molecule has 5 heteroatoms. The molecule has 0 bridgehead atoms. The van der Waals surface area contributed by atoms with Crippen molar-refractivity contribution >= 4 is 17.0 Å². The molecule has 2 heterocycles. The first-order valence-electron chi connectivity index (χ1n) is 6.23. The Labute approximate surface area is 101 Å². The van der Waals surface area contributed by atoms with Crippen LogP contribution < -0.4 is 5.73 Å². The van der Waals surface area contributed by atoms with Crippen molar-refractivity contribution in [2.75, 3.05) is 5.73 Å². The van der Waals surface area contributed by atoms with Gasteiger partial charge in [0.1, 0.15) is 17.7 Å². The number of nitrogen functional groups attached to an aromatic ring is 1. The van der Waals surface area contributed by atoms with Gasteiger partial charge >= 0.3 is 0 Å². The quantitative estimate of drug-likeness (QED) is 0.803. The first-order valence-corrected chi connectivity index (χ1v) is 6.23. The van der Waals surface area contributed by atoms with E-state index in [1.165, 1.54) is 19.2 Å². The van der Waals surface area contributed by atoms with Crippen molar-refractivity contribution in [3.8, 4) is 0 Å². The number of aryl methyl sites for hydroxylation is 2. The lowest BCUT2D eigenvalue weighted by molar-refractivity contribution is 0.594. The number of imidazole rings is 1. The van der Waals surface area contributed by atoms with Gasteiger partial charge in [-0.05, 0) is 6.42 Å². The number of hydrogen-bond acceptors (Lipinski definition) is 4. The standard InChI is InChI=1S/C12H19N5/c1-3-5-6-7-17-9(4-2)16-12-10(17)11(13)14-8-15-12/h8H,3-7H2,1-2H3,(H2,13,14,15). The van der Waals surface area contributed by atoms with Gasteiger partial charge in [0.2, 0.25) is 0 Å². The van der Waals surface area contributed by atoms with Gasteiger partial charge in [0.25, 0.3) is 0 Å². The molecule has 5 nitrogen and oxygen atoms in total. The molecular formula is C12H19N5. The van der Waals surface area contributed by atoms with Crippen molar-refractivity contribution < 1.29 is 0 Å². The van der Waals surface area contributed by atoms with E-state index in [0.29, 0.717) is 11.5 Å². The third-order valence-corrected chi connectivity index (χ3v) is 2.95. The van der Waals surface area contributed by atoms with E-state index in [9.17, 15) is 0 Å². The van der Waals surface area contributed by atoms with Crippen molar-refractivity contribution in [2.45, 2.75) is 46.1 Å². The number of aromatic nitrogens is 4. The van der Waals surface area contributed by atoms with Crippen molar-refractivity contribution in [2.24, 2.45) is 0 Å². The molecule has 2 rings (SSSR count). The van der Waals surface area contributed by atoms with Crippen LogP contribution >= 0.6 is 0 Å². The molecule has 2 N–H and O–H groups in total. The van der Waals surface area contributed by atoms with E-state index in [-0.39, 0.29) is 0 Å². The molecule has 17 heavy (non-hydrogen) atoms. The highest BCUT2D eigenvalue weighted by Gasteiger charge is 2.12. The molecule has 0 atom stereocenters. The fourth-order valence-corrected chi connectivity index (χ4v) is 2.07. The van der Waals surface area contributed by atoms with Crippen molar-refractivity contribution in [3.05, 3.63) is 12.2 Å². The van der Waals surface area contributed by atoms with Crippen molar-refractivity contribution in [1.82, 2.24) is 19.5 Å². The predicted molar refractivity (Wildman–Crippen MR) is 68.6 cm³/mol. The summed E-state index contributed by atoms with van der Waals surface area (Å²) in [5, 5.41) is 0. The molecule has 0 saturated heterocycles. The van der Waals surface area contributed by atoms with Crippen LogP contribution in [0.15, 0.2) is 6.33 Å². The van der Waals surface area contributed by atoms with Gasteiger partial charge in [-0.2, -0.15) is 0 Å². The molecule has 0 aromatic carbocycles. The Hall–Kier alpha value is -1.65. The summed E-state index contributed by atoms with van der Waals surface area (Å²) in [4.78, 5) is 12.7. The molecule has 0 amide bonds. The molecule has 0 aliphatic rings. The second-order valence-electron chi connectivity index (χ2n) is 4.17. The zero-order valence-corrected chi connectivity index (χ0v) is 10.5. The van der Waals surface area contributed by atoms with Gasteiger partial charge in [0.15, 0.2) is 11.5 Å². The van der Waals surface area contributed by atoms with Crippen LogP contribution in [0.25, 0.3) is 11.2 Å². The normalized spacial score (nSPS) is 11.2. The summed E-state index contributed by atoms with van der Waals surface area (Å²) in [6.45, 7) is 5.25. The van der Waals surface area contributed by atoms with Crippen LogP contribution in [0.3, 0.4) is 0 Å². The van der Waals surface area contributed by atoms with E-state index in [1.54, 1.807) is 0 Å². The molecule has 2 aromatic rings. The van der Waals surface area contributed by atoms with E-state index >= 15 is 0 Å². The van der Waals surface area contributed by atoms with E-state index in [1.807, 2.05) is 0 Å². The molecule has 0 aliphatic carbocycles. The number of unbranched alkanes of at least 4 members (excludes halogenated alkanes) is 2. The molecule has 92 valence electrons. The summed E-state index contributed by atoms with van der Waals surface area (Å²) in [6.07, 6.45) is 5.93. The van der Waals surface area contributed by atoms with Crippen molar-refractivity contribution in [3.63, 3.8) is 0 Å². The highest BCUT2D eigenvalue weighted by Crippen LogP contribution is 2.19. The summed E-state index contributed by atoms with van der Waals surface area (Å²) < 4.78 is 2.17. The van der Waals surface area contributed by atoms with Crippen molar-refractivity contribution in [1.29, 1.82) is 0 Å². The Bertz CT molecular complexity index is 503. The van der Waals surface area contributed by atoms with Gasteiger partial charge in [-0.3, -0.25) is 0 Å². The maximum absolute atomic E-state index is 5.92. The lowest BCUT2D eigenvalue weighted by Gasteiger charge is -2.07. The largest absolute Gasteiger partial charge is 0.382 e. The Morgan fingerprint density at radius 2 is 2.06 bits per heavy atom. The Kier molecular flexibility index (Phi) is 3.56. The van der Waals surface area contributed by atoms with Crippen LogP contribution in [0.2, 0.25) is 0 Å². The van der Waals surface area contributed by atoms with Gasteiger partial charge in [-0.15, -0.1) is 0 Å². The molecule has 0 spiro atoms. The molecule has 0 radical (unpaired) electrons. The van der Waals surface area contributed by atoms with Gasteiger partial charge in [-0.1, -0.05) is 26.7 Å². The number of nitrogens with two attached hydrogens (primary N) is 1. The maximum atomic E-state index is 5.92. The van der Waals surface area contributed by atoms with Crippen LogP contribution in [0.5, 0.6) is 0 Å². The SMILES string of the molecule is CCCCCn1c(CC)nc2ncnc(N)c21. The van der Waals surface area contributed by atoms with Gasteiger partial charge in [0.05, 0.1) is 0 Å². The van der Waals surface area contributed by atoms with E-state index in [4.69, 9.17) is 5.73 Å². The summed E-state index contributed by atoms with van der Waals surface area (Å²) in [7, 11) is 0. The molecule has 0 fully saturated rings. The number of rotatable bonds is 5. The number of hydrogen-bond donors (Lipinski definition) is 1. The maximum Gasteiger partial charge on any atom is 0.183 e. The Morgan fingerprint density at radius 1 is 1.24 bits per heavy atom. The first kappa shape index (κ1) is 11.8. The summed E-state index contributed by atoms with van der Waals surface area (Å²) >= 11 is 0. The zero-order chi connectivity index (χ0) is 12.3. The predicted octanol–water partition coefficient (Wildman–Crippen LogP) is 2.16. The average Bonchev–Trinajstić information content (AvgIpc) is 2.69. The second-order valence-corrected chi connectivity index (χ2v) is 4.17. The topological polar surface area (TPSA) is 69.6 Å². The smallest absolute Gasteiger partial charge is 0.183 e. The Morgan fingerprint density at radius 3 is 2.76 bits per heavy atom. The minimum Gasteiger partial charge on any atom is -0.382 e. The first-order chi connectivity index (χ1) is 8.27. The fraction of sp³-hybridized carbons (Fsp3) is 0.583. The summed E-state index contributed by atoms with van der Waals surface area (Å²) in [5.41, 5.74) is 7.52. The van der Waals surface area contributed by atoms with Crippen LogP contribution in [-0.4, -0.2) is 19.5 Å². The number of fused-ring (bicyclic) bond motifs is 1. The summed E-state index contributed by atoms with van der Waals surface area (Å²) in [6, 6.07) is 0. The number of anilines is 1. The van der Waals surface area contributed by atoms with E-state index in [2.05, 4.69) is 33.4 Å². The van der Waals surface area contributed by atoms with E-state index < -0.39 is 0 Å². The lowest BCUT2D eigenvalue weighted by atomic mass is 10.2. The molecule has 0 unspecified atom stereocenters.